The van der Waals surface area contributed by atoms with E-state index in [9.17, 15) is 0 Å². The van der Waals surface area contributed by atoms with Crippen molar-refractivity contribution < 1.29 is 4.74 Å². The molecule has 2 aromatic heterocycles. The fraction of sp³-hybridized carbons (Fsp3) is 0.381. The minimum Gasteiger partial charge on any atom is -0.373 e. The molecule has 0 aliphatic carbocycles. The van der Waals surface area contributed by atoms with E-state index in [0.717, 1.165) is 43.1 Å². The van der Waals surface area contributed by atoms with Gasteiger partial charge in [0.25, 0.3) is 0 Å². The zero-order chi connectivity index (χ0) is 17.8. The van der Waals surface area contributed by atoms with Crippen LogP contribution in [0.1, 0.15) is 40.8 Å². The average molecular weight is 368 g/mol. The van der Waals surface area contributed by atoms with Crippen molar-refractivity contribution in [2.45, 2.75) is 38.5 Å². The number of hydrogen-bond donors (Lipinski definition) is 1. The first-order valence-electron chi connectivity index (χ1n) is 9.26. The first-order valence-corrected chi connectivity index (χ1v) is 10.1. The molecule has 0 radical (unpaired) electrons. The zero-order valence-electron chi connectivity index (χ0n) is 15.1. The number of H-pyrrole nitrogens is 1. The highest BCUT2D eigenvalue weighted by molar-refractivity contribution is 7.12. The van der Waals surface area contributed by atoms with E-state index in [1.807, 2.05) is 29.5 Å². The number of aromatic nitrogens is 2. The van der Waals surface area contributed by atoms with Crippen molar-refractivity contribution in [1.29, 1.82) is 0 Å². The van der Waals surface area contributed by atoms with Crippen LogP contribution in [0.4, 0.5) is 0 Å². The Kier molecular flexibility index (Phi) is 5.48. The summed E-state index contributed by atoms with van der Waals surface area (Å²) < 4.78 is 5.91. The SMILES string of the molecule is CN(Cc1cc(-c2ccccc2)n[nH]1)Cc1ccc([C@H]2CCCCO2)s1. The maximum atomic E-state index is 5.91. The van der Waals surface area contributed by atoms with Crippen molar-refractivity contribution >= 4 is 11.3 Å². The minimum atomic E-state index is 0.314. The molecule has 26 heavy (non-hydrogen) atoms. The minimum absolute atomic E-state index is 0.314. The van der Waals surface area contributed by atoms with Gasteiger partial charge in [0.15, 0.2) is 0 Å². The molecule has 0 bridgehead atoms. The third-order valence-corrected chi connectivity index (χ3v) is 5.91. The molecule has 0 saturated carbocycles. The molecule has 3 heterocycles. The Morgan fingerprint density at radius 1 is 1.15 bits per heavy atom. The fourth-order valence-corrected chi connectivity index (χ4v) is 4.61. The van der Waals surface area contributed by atoms with E-state index in [1.165, 1.54) is 22.6 Å². The van der Waals surface area contributed by atoms with Crippen LogP contribution in [0.15, 0.2) is 48.5 Å². The average Bonchev–Trinajstić information content (AvgIpc) is 3.33. The molecule has 1 saturated heterocycles. The van der Waals surface area contributed by atoms with Crippen LogP contribution in [0.3, 0.4) is 0 Å². The zero-order valence-corrected chi connectivity index (χ0v) is 16.0. The number of benzene rings is 1. The molecular formula is C21H25N3OS. The summed E-state index contributed by atoms with van der Waals surface area (Å²) in [7, 11) is 2.15. The Hall–Kier alpha value is -1.95. The quantitative estimate of drug-likeness (QED) is 0.666. The van der Waals surface area contributed by atoms with Gasteiger partial charge in [-0.1, -0.05) is 30.3 Å². The first-order chi connectivity index (χ1) is 12.8. The van der Waals surface area contributed by atoms with Crippen molar-refractivity contribution in [3.05, 3.63) is 64.0 Å². The van der Waals surface area contributed by atoms with Crippen LogP contribution in [0.5, 0.6) is 0 Å². The molecule has 1 aromatic carbocycles. The molecule has 1 aliphatic heterocycles. The van der Waals surface area contributed by atoms with E-state index in [1.54, 1.807) is 0 Å². The molecule has 1 atom stereocenters. The predicted molar refractivity (Wildman–Crippen MR) is 106 cm³/mol. The van der Waals surface area contributed by atoms with Crippen LogP contribution >= 0.6 is 11.3 Å². The fourth-order valence-electron chi connectivity index (χ4n) is 3.43. The van der Waals surface area contributed by atoms with Crippen LogP contribution in [-0.2, 0) is 17.8 Å². The van der Waals surface area contributed by atoms with E-state index >= 15 is 0 Å². The van der Waals surface area contributed by atoms with Gasteiger partial charge >= 0.3 is 0 Å². The van der Waals surface area contributed by atoms with Gasteiger partial charge in [-0.2, -0.15) is 5.10 Å². The summed E-state index contributed by atoms with van der Waals surface area (Å²) in [6.45, 7) is 2.70. The second-order valence-corrected chi connectivity index (χ2v) is 8.18. The summed E-state index contributed by atoms with van der Waals surface area (Å²) in [5, 5.41) is 7.62. The van der Waals surface area contributed by atoms with Crippen LogP contribution < -0.4 is 0 Å². The molecule has 5 heteroatoms. The molecule has 3 aromatic rings. The number of thiophene rings is 1. The Labute approximate surface area is 158 Å². The van der Waals surface area contributed by atoms with Crippen molar-refractivity contribution in [3.8, 4) is 11.3 Å². The normalized spacial score (nSPS) is 17.7. The lowest BCUT2D eigenvalue weighted by molar-refractivity contribution is 0.0172. The van der Waals surface area contributed by atoms with Crippen molar-refractivity contribution in [1.82, 2.24) is 15.1 Å². The van der Waals surface area contributed by atoms with Crippen LogP contribution in [0, 0.1) is 0 Å². The maximum absolute atomic E-state index is 5.91. The summed E-state index contributed by atoms with van der Waals surface area (Å²) in [5.41, 5.74) is 3.29. The van der Waals surface area contributed by atoms with E-state index in [4.69, 9.17) is 4.74 Å². The van der Waals surface area contributed by atoms with Crippen LogP contribution in [-0.4, -0.2) is 28.8 Å². The largest absolute Gasteiger partial charge is 0.373 e. The van der Waals surface area contributed by atoms with E-state index in [2.05, 4.69) is 52.5 Å². The number of aromatic amines is 1. The number of nitrogens with zero attached hydrogens (tertiary/aromatic N) is 2. The van der Waals surface area contributed by atoms with Crippen LogP contribution in [0.25, 0.3) is 11.3 Å². The monoisotopic (exact) mass is 367 g/mol. The summed E-state index contributed by atoms with van der Waals surface area (Å²) in [4.78, 5) is 5.08. The summed E-state index contributed by atoms with van der Waals surface area (Å²) in [6, 6.07) is 16.9. The number of ether oxygens (including phenoxy) is 1. The Balaban J connectivity index is 1.35. The molecule has 1 fully saturated rings. The summed E-state index contributed by atoms with van der Waals surface area (Å²) >= 11 is 1.89. The highest BCUT2D eigenvalue weighted by Gasteiger charge is 2.18. The second kappa shape index (κ2) is 8.16. The van der Waals surface area contributed by atoms with Gasteiger partial charge in [-0.15, -0.1) is 11.3 Å². The van der Waals surface area contributed by atoms with E-state index in [0.29, 0.717) is 6.10 Å². The van der Waals surface area contributed by atoms with Gasteiger partial charge < -0.3 is 4.74 Å². The smallest absolute Gasteiger partial charge is 0.0924 e. The van der Waals surface area contributed by atoms with Gasteiger partial charge in [0.05, 0.1) is 11.8 Å². The van der Waals surface area contributed by atoms with Gasteiger partial charge in [-0.3, -0.25) is 10.00 Å². The van der Waals surface area contributed by atoms with Crippen molar-refractivity contribution in [2.24, 2.45) is 0 Å². The topological polar surface area (TPSA) is 41.2 Å². The highest BCUT2D eigenvalue weighted by atomic mass is 32.1. The van der Waals surface area contributed by atoms with E-state index < -0.39 is 0 Å². The van der Waals surface area contributed by atoms with Crippen molar-refractivity contribution in [2.75, 3.05) is 13.7 Å². The molecule has 0 amide bonds. The van der Waals surface area contributed by atoms with Crippen LogP contribution in [0.2, 0.25) is 0 Å². The standard InChI is InChI=1S/C21H25N3OS/c1-24(14-17-13-19(23-22-17)16-7-3-2-4-8-16)15-18-10-11-21(26-18)20-9-5-6-12-25-20/h2-4,7-8,10-11,13,20H,5-6,9,12,14-15H2,1H3,(H,22,23)/t20-/m1/s1. The van der Waals surface area contributed by atoms with E-state index in [-0.39, 0.29) is 0 Å². The van der Waals surface area contributed by atoms with Crippen molar-refractivity contribution in [3.63, 3.8) is 0 Å². The molecule has 4 nitrogen and oxygen atoms in total. The highest BCUT2D eigenvalue weighted by Crippen LogP contribution is 2.33. The number of rotatable bonds is 6. The van der Waals surface area contributed by atoms with Gasteiger partial charge in [-0.25, -0.2) is 0 Å². The maximum Gasteiger partial charge on any atom is 0.0924 e. The first kappa shape index (κ1) is 17.5. The summed E-state index contributed by atoms with van der Waals surface area (Å²) in [6.07, 6.45) is 3.95. The molecule has 0 spiro atoms. The molecule has 4 rings (SSSR count). The lowest BCUT2D eigenvalue weighted by atomic mass is 10.1. The molecular weight excluding hydrogens is 342 g/mol. The molecule has 1 N–H and O–H groups in total. The number of hydrogen-bond acceptors (Lipinski definition) is 4. The van der Waals surface area contributed by atoms with Gasteiger partial charge in [0, 0.05) is 40.7 Å². The summed E-state index contributed by atoms with van der Waals surface area (Å²) in [5.74, 6) is 0. The lowest BCUT2D eigenvalue weighted by Crippen LogP contribution is -2.16. The lowest BCUT2D eigenvalue weighted by Gasteiger charge is -2.21. The molecule has 1 aliphatic rings. The van der Waals surface area contributed by atoms with Gasteiger partial charge in [0.1, 0.15) is 0 Å². The molecule has 0 unspecified atom stereocenters. The predicted octanol–water partition coefficient (Wildman–Crippen LogP) is 5.01. The Morgan fingerprint density at radius 3 is 2.85 bits per heavy atom. The molecule has 136 valence electrons. The second-order valence-electron chi connectivity index (χ2n) is 6.98. The number of nitrogens with one attached hydrogen (secondary N) is 1. The third kappa shape index (κ3) is 4.23. The van der Waals surface area contributed by atoms with Gasteiger partial charge in [-0.05, 0) is 44.5 Å². The van der Waals surface area contributed by atoms with Gasteiger partial charge in [0.2, 0.25) is 0 Å². The Morgan fingerprint density at radius 2 is 2.04 bits per heavy atom. The third-order valence-electron chi connectivity index (χ3n) is 4.75. The Bertz CT molecular complexity index is 821.